The fourth-order valence-electron chi connectivity index (χ4n) is 2.92. The van der Waals surface area contributed by atoms with E-state index in [-0.39, 0.29) is 41.4 Å². The zero-order valence-electron chi connectivity index (χ0n) is 10.8. The van der Waals surface area contributed by atoms with Gasteiger partial charge < -0.3 is 0 Å². The molecule has 0 N–H and O–H groups in total. The number of imide groups is 1. The van der Waals surface area contributed by atoms with Gasteiger partial charge in [-0.25, -0.2) is 0 Å². The molecule has 3 rings (SSSR count). The minimum atomic E-state index is -0.236. The number of nitrogens with zero attached hydrogens (tertiary/aromatic N) is 1. The van der Waals surface area contributed by atoms with Crippen molar-refractivity contribution in [2.24, 2.45) is 17.3 Å². The maximum atomic E-state index is 12.2. The Bertz CT molecular complexity index is 628. The largest absolute Gasteiger partial charge is 0.292 e. The number of amides is 2. The summed E-state index contributed by atoms with van der Waals surface area (Å²) < 4.78 is 1.54. The first-order valence-corrected chi connectivity index (χ1v) is 8.48. The normalized spacial score (nSPS) is 26.9. The molecule has 1 aromatic heterocycles. The third-order valence-corrected chi connectivity index (χ3v) is 6.49. The molecule has 0 bridgehead atoms. The third kappa shape index (κ3) is 1.94. The van der Waals surface area contributed by atoms with Crippen LogP contribution < -0.4 is 0 Å². The maximum Gasteiger partial charge on any atom is 0.234 e. The number of halogens is 2. The summed E-state index contributed by atoms with van der Waals surface area (Å²) in [6.45, 7) is 3.68. The Morgan fingerprint density at radius 1 is 1.30 bits per heavy atom. The number of thiophene rings is 1. The van der Waals surface area contributed by atoms with Crippen LogP contribution in [0.4, 0.5) is 0 Å². The van der Waals surface area contributed by atoms with Gasteiger partial charge >= 0.3 is 0 Å². The first-order valence-electron chi connectivity index (χ1n) is 6.08. The predicted molar refractivity (Wildman–Crippen MR) is 81.5 cm³/mol. The zero-order valence-corrected chi connectivity index (χ0v) is 14.8. The van der Waals surface area contributed by atoms with Crippen LogP contribution >= 0.6 is 43.2 Å². The summed E-state index contributed by atoms with van der Waals surface area (Å²) in [5, 5.41) is 0. The minimum Gasteiger partial charge on any atom is -0.292 e. The van der Waals surface area contributed by atoms with Gasteiger partial charge in [-0.15, -0.1) is 11.3 Å². The van der Waals surface area contributed by atoms with Crippen LogP contribution in [0.3, 0.4) is 0 Å². The predicted octanol–water partition coefficient (Wildman–Crippen LogP) is 3.10. The summed E-state index contributed by atoms with van der Waals surface area (Å²) >= 11 is 8.01. The number of rotatable bonds is 3. The van der Waals surface area contributed by atoms with E-state index >= 15 is 0 Å². The van der Waals surface area contributed by atoms with Crippen LogP contribution in [0, 0.1) is 17.3 Å². The highest BCUT2D eigenvalue weighted by molar-refractivity contribution is 9.12. The average Bonchev–Trinajstić information content (AvgIpc) is 2.59. The molecular formula is C13H11Br2NO3S. The molecule has 2 amide bonds. The summed E-state index contributed by atoms with van der Waals surface area (Å²) in [5.74, 6) is -1.10. The van der Waals surface area contributed by atoms with E-state index in [1.807, 2.05) is 13.8 Å². The number of fused-ring (bicyclic) bond motifs is 1. The molecule has 2 heterocycles. The van der Waals surface area contributed by atoms with E-state index in [9.17, 15) is 14.4 Å². The molecule has 1 aliphatic carbocycles. The second-order valence-electron chi connectivity index (χ2n) is 5.70. The van der Waals surface area contributed by atoms with E-state index in [1.165, 1.54) is 11.3 Å². The molecule has 2 atom stereocenters. The quantitative estimate of drug-likeness (QED) is 0.557. The van der Waals surface area contributed by atoms with Crippen molar-refractivity contribution in [2.75, 3.05) is 6.54 Å². The lowest BCUT2D eigenvalue weighted by Gasteiger charge is -2.19. The average molecular weight is 421 g/mol. The molecule has 1 aliphatic heterocycles. The number of hydrogen-bond donors (Lipinski definition) is 0. The first-order chi connectivity index (χ1) is 9.25. The smallest absolute Gasteiger partial charge is 0.234 e. The Balaban J connectivity index is 1.77. The first kappa shape index (κ1) is 14.4. The van der Waals surface area contributed by atoms with Gasteiger partial charge in [0.1, 0.15) is 0 Å². The van der Waals surface area contributed by atoms with Gasteiger partial charge in [-0.1, -0.05) is 13.8 Å². The van der Waals surface area contributed by atoms with Crippen molar-refractivity contribution >= 4 is 60.8 Å². The highest BCUT2D eigenvalue weighted by Crippen LogP contribution is 2.63. The molecule has 1 aromatic rings. The van der Waals surface area contributed by atoms with Gasteiger partial charge in [0.05, 0.1) is 26.0 Å². The lowest BCUT2D eigenvalue weighted by molar-refractivity contribution is -0.142. The lowest BCUT2D eigenvalue weighted by Crippen LogP contribution is -2.39. The van der Waals surface area contributed by atoms with E-state index in [1.54, 1.807) is 6.07 Å². The molecule has 0 radical (unpaired) electrons. The van der Waals surface area contributed by atoms with Crippen LogP contribution in [0.25, 0.3) is 0 Å². The van der Waals surface area contributed by atoms with Crippen molar-refractivity contribution in [3.63, 3.8) is 0 Å². The van der Waals surface area contributed by atoms with Gasteiger partial charge in [0.25, 0.3) is 0 Å². The van der Waals surface area contributed by atoms with Gasteiger partial charge in [-0.2, -0.15) is 0 Å². The Kier molecular flexibility index (Phi) is 3.23. The summed E-state index contributed by atoms with van der Waals surface area (Å²) in [6.07, 6.45) is 0. The molecule has 0 aromatic carbocycles. The molecule has 1 saturated heterocycles. The van der Waals surface area contributed by atoms with Crippen LogP contribution in [0.2, 0.25) is 0 Å². The molecule has 0 spiro atoms. The van der Waals surface area contributed by atoms with Gasteiger partial charge in [-0.05, 0) is 43.3 Å². The number of carbonyl (C=O) groups excluding carboxylic acids is 3. The van der Waals surface area contributed by atoms with Crippen LogP contribution in [0.15, 0.2) is 13.6 Å². The summed E-state index contributed by atoms with van der Waals surface area (Å²) in [7, 11) is 0. The molecule has 106 valence electrons. The summed E-state index contributed by atoms with van der Waals surface area (Å²) in [4.78, 5) is 37.7. The Labute approximate surface area is 136 Å². The second-order valence-corrected chi connectivity index (χ2v) is 9.45. The van der Waals surface area contributed by atoms with Crippen LogP contribution in [-0.2, 0) is 9.59 Å². The van der Waals surface area contributed by atoms with E-state index in [2.05, 4.69) is 31.9 Å². The molecule has 1 saturated carbocycles. The number of hydrogen-bond acceptors (Lipinski definition) is 4. The van der Waals surface area contributed by atoms with Crippen molar-refractivity contribution in [2.45, 2.75) is 13.8 Å². The van der Waals surface area contributed by atoms with E-state index in [0.29, 0.717) is 9.35 Å². The number of Topliss-reactive ketones (excluding diaryl/α,β-unsaturated/α-hetero) is 1. The number of piperidine rings is 1. The molecule has 4 nitrogen and oxygen atoms in total. The van der Waals surface area contributed by atoms with Crippen LogP contribution in [0.1, 0.15) is 24.2 Å². The number of carbonyl (C=O) groups is 3. The highest BCUT2D eigenvalue weighted by atomic mass is 79.9. The van der Waals surface area contributed by atoms with E-state index in [0.717, 1.165) is 8.69 Å². The molecule has 20 heavy (non-hydrogen) atoms. The van der Waals surface area contributed by atoms with Crippen molar-refractivity contribution in [1.82, 2.24) is 4.90 Å². The fourth-order valence-corrected chi connectivity index (χ4v) is 5.77. The Hall–Kier alpha value is -0.530. The third-order valence-electron chi connectivity index (χ3n) is 4.15. The number of likely N-dealkylation sites (tertiary alicyclic amines) is 1. The number of ketones is 1. The molecule has 2 unspecified atom stereocenters. The topological polar surface area (TPSA) is 54.5 Å². The Morgan fingerprint density at radius 3 is 2.30 bits per heavy atom. The van der Waals surface area contributed by atoms with Gasteiger partial charge in [-0.3, -0.25) is 19.3 Å². The SMILES string of the molecule is CC1(C)C2C(=O)N(CC(=O)c3cc(Br)sc3Br)C(=O)C21. The van der Waals surface area contributed by atoms with Crippen LogP contribution in [0.5, 0.6) is 0 Å². The van der Waals surface area contributed by atoms with Crippen molar-refractivity contribution < 1.29 is 14.4 Å². The van der Waals surface area contributed by atoms with Gasteiger partial charge in [0.2, 0.25) is 11.8 Å². The second kappa shape index (κ2) is 4.48. The monoisotopic (exact) mass is 419 g/mol. The molecule has 7 heteroatoms. The van der Waals surface area contributed by atoms with Gasteiger partial charge in [0, 0.05) is 5.56 Å². The van der Waals surface area contributed by atoms with Crippen molar-refractivity contribution in [3.05, 3.63) is 19.2 Å². The standard InChI is InChI=1S/C13H11Br2NO3S/c1-13(2)8-9(13)12(19)16(11(8)18)4-6(17)5-3-7(14)20-10(5)15/h3,8-9H,4H2,1-2H3. The molecular weight excluding hydrogens is 410 g/mol. The van der Waals surface area contributed by atoms with E-state index in [4.69, 9.17) is 0 Å². The maximum absolute atomic E-state index is 12.2. The highest BCUT2D eigenvalue weighted by Gasteiger charge is 2.72. The van der Waals surface area contributed by atoms with E-state index < -0.39 is 0 Å². The van der Waals surface area contributed by atoms with Gasteiger partial charge in [0.15, 0.2) is 5.78 Å². The summed E-state index contributed by atoms with van der Waals surface area (Å²) in [5.41, 5.74) is 0.266. The minimum absolute atomic E-state index is 0.164. The molecule has 2 fully saturated rings. The molecule has 2 aliphatic rings. The van der Waals surface area contributed by atoms with Crippen molar-refractivity contribution in [3.8, 4) is 0 Å². The lowest BCUT2D eigenvalue weighted by atomic mass is 10.1. The Morgan fingerprint density at radius 2 is 1.85 bits per heavy atom. The summed E-state index contributed by atoms with van der Waals surface area (Å²) in [6, 6.07) is 1.70. The van der Waals surface area contributed by atoms with Crippen molar-refractivity contribution in [1.29, 1.82) is 0 Å². The zero-order chi connectivity index (χ0) is 14.8. The van der Waals surface area contributed by atoms with Crippen LogP contribution in [-0.4, -0.2) is 29.0 Å². The fraction of sp³-hybridized carbons (Fsp3) is 0.462.